The Morgan fingerprint density at radius 1 is 1.19 bits per heavy atom. The molecule has 0 bridgehead atoms. The number of piperidine rings is 1. The quantitative estimate of drug-likeness (QED) is 0.705. The highest BCUT2D eigenvalue weighted by molar-refractivity contribution is 5.55. The Morgan fingerprint density at radius 2 is 2.08 bits per heavy atom. The maximum atomic E-state index is 5.95. The van der Waals surface area contributed by atoms with Crippen LogP contribution in [0.2, 0.25) is 0 Å². The van der Waals surface area contributed by atoms with Crippen molar-refractivity contribution in [3.63, 3.8) is 0 Å². The summed E-state index contributed by atoms with van der Waals surface area (Å²) in [5.41, 5.74) is 1.06. The van der Waals surface area contributed by atoms with Gasteiger partial charge >= 0.3 is 0 Å². The number of anilines is 1. The van der Waals surface area contributed by atoms with Crippen LogP contribution in [0.15, 0.2) is 59.3 Å². The Morgan fingerprint density at radius 3 is 2.88 bits per heavy atom. The van der Waals surface area contributed by atoms with E-state index in [9.17, 15) is 0 Å². The summed E-state index contributed by atoms with van der Waals surface area (Å²) >= 11 is 0. The van der Waals surface area contributed by atoms with E-state index in [1.54, 1.807) is 6.20 Å². The van der Waals surface area contributed by atoms with E-state index in [0.29, 0.717) is 12.6 Å². The average molecular weight is 349 g/mol. The monoisotopic (exact) mass is 349 g/mol. The van der Waals surface area contributed by atoms with Crippen molar-refractivity contribution in [1.82, 2.24) is 20.1 Å². The second-order valence-electron chi connectivity index (χ2n) is 6.72. The van der Waals surface area contributed by atoms with Gasteiger partial charge in [-0.3, -0.25) is 4.90 Å². The fourth-order valence-electron chi connectivity index (χ4n) is 3.45. The molecule has 1 aromatic carbocycles. The third kappa shape index (κ3) is 3.75. The second-order valence-corrected chi connectivity index (χ2v) is 6.72. The van der Waals surface area contributed by atoms with E-state index in [1.807, 2.05) is 48.7 Å². The minimum atomic E-state index is 0.442. The van der Waals surface area contributed by atoms with Gasteiger partial charge in [-0.25, -0.2) is 4.98 Å². The molecule has 1 fully saturated rings. The van der Waals surface area contributed by atoms with E-state index in [1.165, 1.54) is 6.42 Å². The summed E-state index contributed by atoms with van der Waals surface area (Å²) in [5.74, 6) is 2.52. The lowest BCUT2D eigenvalue weighted by Gasteiger charge is -2.37. The number of aromatic nitrogens is 3. The Kier molecular flexibility index (Phi) is 4.93. The van der Waals surface area contributed by atoms with Crippen LogP contribution in [0.4, 0.5) is 5.82 Å². The van der Waals surface area contributed by atoms with Gasteiger partial charge in [0.1, 0.15) is 0 Å². The molecule has 1 saturated heterocycles. The summed E-state index contributed by atoms with van der Waals surface area (Å²) in [7, 11) is 2.14. The minimum absolute atomic E-state index is 0.442. The number of rotatable bonds is 5. The van der Waals surface area contributed by atoms with Crippen molar-refractivity contribution in [1.29, 1.82) is 0 Å². The molecule has 2 aromatic heterocycles. The lowest BCUT2D eigenvalue weighted by Crippen LogP contribution is -2.46. The Balaban J connectivity index is 1.40. The SMILES string of the molecule is CN(Cc1ncc(-c2ccccc2)o1)[C@@H]1CCCN(c2cccnn2)C1. The van der Waals surface area contributed by atoms with Gasteiger partial charge in [0.15, 0.2) is 11.6 Å². The van der Waals surface area contributed by atoms with Crippen molar-refractivity contribution >= 4 is 5.82 Å². The molecule has 6 nitrogen and oxygen atoms in total. The predicted molar refractivity (Wildman–Crippen MR) is 101 cm³/mol. The maximum absolute atomic E-state index is 5.95. The standard InChI is InChI=1S/C20H23N5O/c1-24(15-20-21-13-18(26-20)16-7-3-2-4-8-16)17-9-6-12-25(14-17)19-10-5-11-22-23-19/h2-5,7-8,10-11,13,17H,6,9,12,14-15H2,1H3/t17-/m1/s1. The van der Waals surface area contributed by atoms with Crippen LogP contribution < -0.4 is 4.90 Å². The molecule has 0 spiro atoms. The Labute approximate surface area is 153 Å². The smallest absolute Gasteiger partial charge is 0.209 e. The van der Waals surface area contributed by atoms with E-state index < -0.39 is 0 Å². The largest absolute Gasteiger partial charge is 0.439 e. The molecule has 0 N–H and O–H groups in total. The second kappa shape index (κ2) is 7.66. The molecule has 0 amide bonds. The van der Waals surface area contributed by atoms with Crippen molar-refractivity contribution in [2.75, 3.05) is 25.0 Å². The topological polar surface area (TPSA) is 58.3 Å². The molecule has 4 rings (SSSR count). The molecular weight excluding hydrogens is 326 g/mol. The van der Waals surface area contributed by atoms with Gasteiger partial charge in [-0.2, -0.15) is 5.10 Å². The molecule has 0 aliphatic carbocycles. The normalized spacial score (nSPS) is 17.6. The molecule has 0 unspecified atom stereocenters. The van der Waals surface area contributed by atoms with Crippen molar-refractivity contribution in [2.45, 2.75) is 25.4 Å². The predicted octanol–water partition coefficient (Wildman–Crippen LogP) is 3.23. The van der Waals surface area contributed by atoms with E-state index >= 15 is 0 Å². The van der Waals surface area contributed by atoms with E-state index in [4.69, 9.17) is 4.42 Å². The lowest BCUT2D eigenvalue weighted by atomic mass is 10.0. The molecule has 1 aliphatic rings. The highest BCUT2D eigenvalue weighted by Gasteiger charge is 2.25. The molecule has 6 heteroatoms. The van der Waals surface area contributed by atoms with Gasteiger partial charge in [0, 0.05) is 30.9 Å². The van der Waals surface area contributed by atoms with Crippen molar-refractivity contribution in [3.8, 4) is 11.3 Å². The van der Waals surface area contributed by atoms with Crippen LogP contribution in [-0.4, -0.2) is 46.3 Å². The summed E-state index contributed by atoms with van der Waals surface area (Å²) in [6, 6.07) is 14.5. The van der Waals surface area contributed by atoms with Crippen molar-refractivity contribution in [3.05, 3.63) is 60.7 Å². The van der Waals surface area contributed by atoms with E-state index in [2.05, 4.69) is 32.0 Å². The molecule has 1 atom stereocenters. The van der Waals surface area contributed by atoms with Crippen LogP contribution in [0.1, 0.15) is 18.7 Å². The zero-order valence-electron chi connectivity index (χ0n) is 15.0. The van der Waals surface area contributed by atoms with Gasteiger partial charge in [0.25, 0.3) is 0 Å². The van der Waals surface area contributed by atoms with Gasteiger partial charge in [0.2, 0.25) is 5.89 Å². The molecule has 3 heterocycles. The van der Waals surface area contributed by atoms with Crippen LogP contribution in [0, 0.1) is 0 Å². The molecule has 0 radical (unpaired) electrons. The Bertz CT molecular complexity index is 820. The molecule has 26 heavy (non-hydrogen) atoms. The van der Waals surface area contributed by atoms with Crippen LogP contribution in [0.3, 0.4) is 0 Å². The summed E-state index contributed by atoms with van der Waals surface area (Å²) in [5, 5.41) is 8.24. The van der Waals surface area contributed by atoms with Gasteiger partial charge in [0.05, 0.1) is 12.7 Å². The molecule has 3 aromatic rings. The summed E-state index contributed by atoms with van der Waals surface area (Å²) < 4.78 is 5.95. The first-order valence-electron chi connectivity index (χ1n) is 9.02. The first-order valence-corrected chi connectivity index (χ1v) is 9.02. The Hall–Kier alpha value is -2.73. The zero-order valence-corrected chi connectivity index (χ0v) is 15.0. The summed E-state index contributed by atoms with van der Waals surface area (Å²) in [6.07, 6.45) is 5.83. The first-order chi connectivity index (χ1) is 12.8. The van der Waals surface area contributed by atoms with Crippen LogP contribution in [0.5, 0.6) is 0 Å². The first kappa shape index (κ1) is 16.7. The van der Waals surface area contributed by atoms with Gasteiger partial charge in [-0.1, -0.05) is 30.3 Å². The number of likely N-dealkylation sites (N-methyl/N-ethyl adjacent to an activating group) is 1. The molecule has 0 saturated carbocycles. The fraction of sp³-hybridized carbons (Fsp3) is 0.350. The van der Waals surface area contributed by atoms with Gasteiger partial charge < -0.3 is 9.32 Å². The number of oxazole rings is 1. The summed E-state index contributed by atoms with van der Waals surface area (Å²) in [4.78, 5) is 9.09. The number of hydrogen-bond donors (Lipinski definition) is 0. The fourth-order valence-corrected chi connectivity index (χ4v) is 3.45. The van der Waals surface area contributed by atoms with E-state index in [-0.39, 0.29) is 0 Å². The number of nitrogens with zero attached hydrogens (tertiary/aromatic N) is 5. The molecule has 134 valence electrons. The van der Waals surface area contributed by atoms with E-state index in [0.717, 1.165) is 42.5 Å². The maximum Gasteiger partial charge on any atom is 0.209 e. The van der Waals surface area contributed by atoms with Crippen LogP contribution >= 0.6 is 0 Å². The lowest BCUT2D eigenvalue weighted by molar-refractivity contribution is 0.191. The highest BCUT2D eigenvalue weighted by atomic mass is 16.4. The third-order valence-corrected chi connectivity index (χ3v) is 4.90. The van der Waals surface area contributed by atoms with Crippen molar-refractivity contribution in [2.24, 2.45) is 0 Å². The van der Waals surface area contributed by atoms with Crippen LogP contribution in [0.25, 0.3) is 11.3 Å². The average Bonchev–Trinajstić information content (AvgIpc) is 3.18. The zero-order chi connectivity index (χ0) is 17.8. The minimum Gasteiger partial charge on any atom is -0.439 e. The number of hydrogen-bond acceptors (Lipinski definition) is 6. The van der Waals surface area contributed by atoms with Crippen LogP contribution in [-0.2, 0) is 6.54 Å². The van der Waals surface area contributed by atoms with Gasteiger partial charge in [-0.15, -0.1) is 5.10 Å². The third-order valence-electron chi connectivity index (χ3n) is 4.90. The number of benzene rings is 1. The van der Waals surface area contributed by atoms with Crippen molar-refractivity contribution < 1.29 is 4.42 Å². The molecular formula is C20H23N5O. The van der Waals surface area contributed by atoms with Gasteiger partial charge in [-0.05, 0) is 32.0 Å². The summed E-state index contributed by atoms with van der Waals surface area (Å²) in [6.45, 7) is 2.67. The molecule has 1 aliphatic heterocycles. The highest BCUT2D eigenvalue weighted by Crippen LogP contribution is 2.23.